The minimum Gasteiger partial charge on any atom is -0.497 e. The van der Waals surface area contributed by atoms with Gasteiger partial charge in [-0.25, -0.2) is 4.79 Å². The van der Waals surface area contributed by atoms with Crippen LogP contribution in [0.5, 0.6) is 5.75 Å². The van der Waals surface area contributed by atoms with Crippen LogP contribution < -0.4 is 9.57 Å². The third-order valence-electron chi connectivity index (χ3n) is 4.24. The van der Waals surface area contributed by atoms with E-state index in [1.165, 1.54) is 0 Å². The molecule has 0 radical (unpaired) electrons. The number of nitrogens with zero attached hydrogens (tertiary/aromatic N) is 1. The monoisotopic (exact) mass is 343 g/mol. The maximum absolute atomic E-state index is 12.7. The number of hydrogen-bond donors (Lipinski definition) is 0. The molecule has 0 aliphatic heterocycles. The molecule has 0 aliphatic rings. The number of hydrogen-bond acceptors (Lipinski definition) is 3. The Balaban J connectivity index is 1.76. The molecule has 4 heteroatoms. The second-order valence-corrected chi connectivity index (χ2v) is 5.86. The van der Waals surface area contributed by atoms with E-state index < -0.39 is 5.97 Å². The number of aromatic nitrogens is 1. The van der Waals surface area contributed by atoms with Crippen molar-refractivity contribution < 1.29 is 14.4 Å². The van der Waals surface area contributed by atoms with Crippen LogP contribution in [0, 0.1) is 0 Å². The Morgan fingerprint density at radius 2 is 1.54 bits per heavy atom. The number of fused-ring (bicyclic) bond motifs is 1. The highest BCUT2D eigenvalue weighted by molar-refractivity contribution is 5.92. The van der Waals surface area contributed by atoms with Crippen LogP contribution in [0.15, 0.2) is 84.9 Å². The lowest BCUT2D eigenvalue weighted by Crippen LogP contribution is -2.20. The van der Waals surface area contributed by atoms with Crippen LogP contribution in [0.1, 0.15) is 10.4 Å². The fourth-order valence-corrected chi connectivity index (χ4v) is 2.90. The number of rotatable bonds is 4. The van der Waals surface area contributed by atoms with E-state index in [-0.39, 0.29) is 0 Å². The first-order valence-electron chi connectivity index (χ1n) is 8.29. The van der Waals surface area contributed by atoms with E-state index in [1.54, 1.807) is 36.1 Å². The molecule has 0 aliphatic carbocycles. The zero-order chi connectivity index (χ0) is 17.9. The van der Waals surface area contributed by atoms with Gasteiger partial charge in [-0.15, -0.1) is 0 Å². The van der Waals surface area contributed by atoms with Gasteiger partial charge in [0.15, 0.2) is 0 Å². The maximum atomic E-state index is 12.7. The molecule has 0 unspecified atom stereocenters. The van der Waals surface area contributed by atoms with Gasteiger partial charge in [0.2, 0.25) is 0 Å². The molecule has 0 N–H and O–H groups in total. The van der Waals surface area contributed by atoms with E-state index >= 15 is 0 Å². The molecular formula is C22H17NO3. The molecule has 26 heavy (non-hydrogen) atoms. The topological polar surface area (TPSA) is 40.5 Å². The first kappa shape index (κ1) is 16.0. The van der Waals surface area contributed by atoms with Crippen LogP contribution >= 0.6 is 0 Å². The lowest BCUT2D eigenvalue weighted by atomic mass is 10.1. The molecule has 1 aromatic heterocycles. The van der Waals surface area contributed by atoms with Crippen molar-refractivity contribution in [2.75, 3.05) is 7.11 Å². The molecule has 4 rings (SSSR count). The van der Waals surface area contributed by atoms with Gasteiger partial charge in [-0.05, 0) is 36.4 Å². The number of ether oxygens (including phenoxy) is 1. The van der Waals surface area contributed by atoms with Crippen molar-refractivity contribution in [1.29, 1.82) is 0 Å². The summed E-state index contributed by atoms with van der Waals surface area (Å²) in [5, 5.41) is 1.01. The van der Waals surface area contributed by atoms with Gasteiger partial charge in [0.25, 0.3) is 0 Å². The number of carbonyl (C=O) groups excluding carboxylic acids is 1. The van der Waals surface area contributed by atoms with Crippen LogP contribution in [0.4, 0.5) is 0 Å². The van der Waals surface area contributed by atoms with E-state index in [0.717, 1.165) is 22.2 Å². The van der Waals surface area contributed by atoms with Crippen LogP contribution in [0.3, 0.4) is 0 Å². The number of para-hydroxylation sites is 1. The van der Waals surface area contributed by atoms with E-state index in [2.05, 4.69) is 0 Å². The first-order chi connectivity index (χ1) is 12.8. The third-order valence-corrected chi connectivity index (χ3v) is 4.24. The van der Waals surface area contributed by atoms with Crippen LogP contribution in [-0.2, 0) is 0 Å². The van der Waals surface area contributed by atoms with Gasteiger partial charge in [0, 0.05) is 10.9 Å². The Morgan fingerprint density at radius 1 is 0.846 bits per heavy atom. The summed E-state index contributed by atoms with van der Waals surface area (Å²) in [6.45, 7) is 0. The molecule has 0 spiro atoms. The number of benzene rings is 3. The van der Waals surface area contributed by atoms with Gasteiger partial charge >= 0.3 is 5.97 Å². The highest BCUT2D eigenvalue weighted by Crippen LogP contribution is 2.27. The Morgan fingerprint density at radius 3 is 2.27 bits per heavy atom. The second kappa shape index (κ2) is 6.76. The van der Waals surface area contributed by atoms with Gasteiger partial charge in [-0.1, -0.05) is 48.5 Å². The SMILES string of the molecule is COc1ccc(C(=O)On2c(-c3ccccc3)cc3ccccc32)cc1. The molecule has 4 nitrogen and oxygen atoms in total. The minimum atomic E-state index is -0.425. The van der Waals surface area contributed by atoms with Crippen molar-refractivity contribution in [3.05, 3.63) is 90.5 Å². The van der Waals surface area contributed by atoms with Gasteiger partial charge in [-0.3, -0.25) is 0 Å². The molecule has 0 bridgehead atoms. The summed E-state index contributed by atoms with van der Waals surface area (Å²) < 4.78 is 6.73. The predicted octanol–water partition coefficient (Wildman–Crippen LogP) is 4.59. The first-order valence-corrected chi connectivity index (χ1v) is 8.29. The molecule has 0 saturated heterocycles. The van der Waals surface area contributed by atoms with Gasteiger partial charge < -0.3 is 9.57 Å². The Hall–Kier alpha value is -3.53. The fourth-order valence-electron chi connectivity index (χ4n) is 2.90. The molecular weight excluding hydrogens is 326 g/mol. The lowest BCUT2D eigenvalue weighted by molar-refractivity contribution is 0.0490. The Kier molecular flexibility index (Phi) is 4.15. The molecule has 3 aromatic carbocycles. The standard InChI is InChI=1S/C22H17NO3/c1-25-19-13-11-17(12-14-19)22(24)26-23-20-10-6-5-9-18(20)15-21(23)16-7-3-2-4-8-16/h2-15H,1H3. The summed E-state index contributed by atoms with van der Waals surface area (Å²) >= 11 is 0. The van der Waals surface area contributed by atoms with E-state index in [4.69, 9.17) is 9.57 Å². The van der Waals surface area contributed by atoms with E-state index in [9.17, 15) is 4.79 Å². The summed E-state index contributed by atoms with van der Waals surface area (Å²) in [4.78, 5) is 18.4. The van der Waals surface area contributed by atoms with Crippen molar-refractivity contribution in [2.24, 2.45) is 0 Å². The minimum absolute atomic E-state index is 0.425. The van der Waals surface area contributed by atoms with Crippen LogP contribution in [-0.4, -0.2) is 17.8 Å². The fraction of sp³-hybridized carbons (Fsp3) is 0.0455. The average Bonchev–Trinajstić information content (AvgIpc) is 3.07. The number of carbonyl (C=O) groups is 1. The summed E-state index contributed by atoms with van der Waals surface area (Å²) in [5.41, 5.74) is 3.11. The quantitative estimate of drug-likeness (QED) is 0.544. The normalized spacial score (nSPS) is 10.7. The summed E-state index contributed by atoms with van der Waals surface area (Å²) in [6.07, 6.45) is 0. The van der Waals surface area contributed by atoms with E-state index in [1.807, 2.05) is 60.7 Å². The highest BCUT2D eigenvalue weighted by atomic mass is 16.7. The molecule has 0 fully saturated rings. The second-order valence-electron chi connectivity index (χ2n) is 5.86. The zero-order valence-electron chi connectivity index (χ0n) is 14.3. The van der Waals surface area contributed by atoms with Crippen LogP contribution in [0.25, 0.3) is 22.2 Å². The van der Waals surface area contributed by atoms with Crippen molar-refractivity contribution in [2.45, 2.75) is 0 Å². The smallest absolute Gasteiger partial charge is 0.363 e. The van der Waals surface area contributed by atoms with Gasteiger partial charge in [0.05, 0.1) is 23.9 Å². The molecule has 4 aromatic rings. The zero-order valence-corrected chi connectivity index (χ0v) is 14.3. The van der Waals surface area contributed by atoms with Crippen molar-refractivity contribution in [3.8, 4) is 17.0 Å². The summed E-state index contributed by atoms with van der Waals surface area (Å²) in [6, 6.07) is 26.6. The molecule has 1 heterocycles. The molecule has 128 valence electrons. The van der Waals surface area contributed by atoms with Crippen LogP contribution in [0.2, 0.25) is 0 Å². The molecule has 0 atom stereocenters. The Labute approximate surface area is 151 Å². The van der Waals surface area contributed by atoms with Crippen molar-refractivity contribution in [3.63, 3.8) is 0 Å². The summed E-state index contributed by atoms with van der Waals surface area (Å²) in [7, 11) is 1.59. The predicted molar refractivity (Wildman–Crippen MR) is 101 cm³/mol. The molecule has 0 saturated carbocycles. The van der Waals surface area contributed by atoms with E-state index in [0.29, 0.717) is 11.3 Å². The number of methoxy groups -OCH3 is 1. The molecule has 0 amide bonds. The lowest BCUT2D eigenvalue weighted by Gasteiger charge is -2.11. The Bertz CT molecular complexity index is 1050. The third kappa shape index (κ3) is 2.93. The highest BCUT2D eigenvalue weighted by Gasteiger charge is 2.16. The van der Waals surface area contributed by atoms with Crippen molar-refractivity contribution in [1.82, 2.24) is 4.73 Å². The van der Waals surface area contributed by atoms with Gasteiger partial charge in [-0.2, -0.15) is 4.73 Å². The van der Waals surface area contributed by atoms with Gasteiger partial charge in [0.1, 0.15) is 5.75 Å². The van der Waals surface area contributed by atoms with Crippen molar-refractivity contribution >= 4 is 16.9 Å². The largest absolute Gasteiger partial charge is 0.497 e. The average molecular weight is 343 g/mol. The summed E-state index contributed by atoms with van der Waals surface area (Å²) in [5.74, 6) is 0.268. The maximum Gasteiger partial charge on any atom is 0.363 e.